The third-order valence-electron chi connectivity index (χ3n) is 7.31. The molecule has 1 amide bonds. The first kappa shape index (κ1) is 27.8. The van der Waals surface area contributed by atoms with Crippen LogP contribution < -0.4 is 5.32 Å². The highest BCUT2D eigenvalue weighted by molar-refractivity contribution is 7.89. The van der Waals surface area contributed by atoms with Crippen molar-refractivity contribution in [3.8, 4) is 0 Å². The number of rotatable bonds is 9. The van der Waals surface area contributed by atoms with Crippen LogP contribution in [0.2, 0.25) is 0 Å². The van der Waals surface area contributed by atoms with Gasteiger partial charge in [-0.2, -0.15) is 4.31 Å². The number of carbonyl (C=O) groups is 1. The van der Waals surface area contributed by atoms with E-state index in [2.05, 4.69) is 31.9 Å². The Hall–Kier alpha value is -3.79. The molecule has 5 rings (SSSR count). The minimum atomic E-state index is -3.49. The number of hydrogen-bond acceptors (Lipinski definition) is 5. The van der Waals surface area contributed by atoms with Crippen LogP contribution in [0.4, 0.5) is 0 Å². The maximum absolute atomic E-state index is 13.0. The van der Waals surface area contributed by atoms with E-state index >= 15 is 0 Å². The number of nitrogens with one attached hydrogen (secondary N) is 1. The molecule has 0 bridgehead atoms. The highest BCUT2D eigenvalue weighted by atomic mass is 32.2. The first-order valence-corrected chi connectivity index (χ1v) is 14.9. The Balaban J connectivity index is 1.14. The standard InChI is InChI=1S/C31H35N5O3S/c1-24-9-11-30(12-10-24)40(38,39)36-17-15-34(16-18-36)22-28-7-4-8-29(20-28)31(37)33-21-26-5-3-6-27(19-26)23-35-14-13-32-25(35)2/h3-14,19-20H,15-18,21-23H2,1-2H3,(H,33,37). The number of piperazine rings is 1. The summed E-state index contributed by atoms with van der Waals surface area (Å²) in [5, 5.41) is 3.04. The number of amides is 1. The zero-order valence-corrected chi connectivity index (χ0v) is 23.8. The third kappa shape index (κ3) is 6.67. The van der Waals surface area contributed by atoms with Crippen LogP contribution in [0, 0.1) is 13.8 Å². The lowest BCUT2D eigenvalue weighted by Crippen LogP contribution is -2.48. The van der Waals surface area contributed by atoms with Gasteiger partial charge in [0.1, 0.15) is 5.82 Å². The quantitative estimate of drug-likeness (QED) is 0.336. The summed E-state index contributed by atoms with van der Waals surface area (Å²) in [6.07, 6.45) is 3.76. The monoisotopic (exact) mass is 557 g/mol. The molecule has 208 valence electrons. The molecule has 1 aromatic heterocycles. The minimum absolute atomic E-state index is 0.119. The zero-order valence-electron chi connectivity index (χ0n) is 23.0. The first-order chi connectivity index (χ1) is 19.3. The van der Waals surface area contributed by atoms with Crippen LogP contribution in [0.1, 0.15) is 38.4 Å². The fraction of sp³-hybridized carbons (Fsp3) is 0.290. The normalized spacial score (nSPS) is 14.8. The average Bonchev–Trinajstić information content (AvgIpc) is 3.36. The van der Waals surface area contributed by atoms with Crippen LogP contribution in [0.5, 0.6) is 0 Å². The van der Waals surface area contributed by atoms with Crippen LogP contribution >= 0.6 is 0 Å². The Morgan fingerprint density at radius 1 is 0.850 bits per heavy atom. The van der Waals surface area contributed by atoms with Crippen molar-refractivity contribution in [2.24, 2.45) is 0 Å². The lowest BCUT2D eigenvalue weighted by atomic mass is 10.1. The van der Waals surface area contributed by atoms with Gasteiger partial charge in [-0.3, -0.25) is 9.69 Å². The summed E-state index contributed by atoms with van der Waals surface area (Å²) in [5.41, 5.74) is 4.87. The Kier molecular flexibility index (Phi) is 8.44. The van der Waals surface area contributed by atoms with Crippen LogP contribution in [0.15, 0.2) is 90.1 Å². The molecule has 40 heavy (non-hydrogen) atoms. The van der Waals surface area contributed by atoms with Gasteiger partial charge < -0.3 is 9.88 Å². The predicted octanol–water partition coefficient (Wildman–Crippen LogP) is 3.98. The average molecular weight is 558 g/mol. The number of aryl methyl sites for hydroxylation is 2. The van der Waals surface area contributed by atoms with Gasteiger partial charge >= 0.3 is 0 Å². The van der Waals surface area contributed by atoms with Gasteiger partial charge in [-0.05, 0) is 54.8 Å². The molecule has 0 saturated carbocycles. The van der Waals surface area contributed by atoms with E-state index in [0.717, 1.165) is 34.6 Å². The molecule has 2 heterocycles. The highest BCUT2D eigenvalue weighted by Crippen LogP contribution is 2.19. The largest absolute Gasteiger partial charge is 0.348 e. The molecular formula is C31H35N5O3S. The van der Waals surface area contributed by atoms with Crippen molar-refractivity contribution >= 4 is 15.9 Å². The Labute approximate surface area is 236 Å². The number of benzene rings is 3. The van der Waals surface area contributed by atoms with Gasteiger partial charge in [0.05, 0.1) is 4.90 Å². The van der Waals surface area contributed by atoms with E-state index in [1.807, 2.05) is 68.6 Å². The van der Waals surface area contributed by atoms with Gasteiger partial charge in [0.2, 0.25) is 10.0 Å². The number of hydrogen-bond donors (Lipinski definition) is 1. The van der Waals surface area contributed by atoms with E-state index in [1.54, 1.807) is 22.6 Å². The molecule has 1 aliphatic rings. The van der Waals surface area contributed by atoms with Crippen molar-refractivity contribution in [3.05, 3.63) is 119 Å². The molecule has 0 atom stereocenters. The molecule has 1 fully saturated rings. The van der Waals surface area contributed by atoms with Crippen molar-refractivity contribution in [1.29, 1.82) is 0 Å². The highest BCUT2D eigenvalue weighted by Gasteiger charge is 2.28. The summed E-state index contributed by atoms with van der Waals surface area (Å²) in [5.74, 6) is 0.847. The fourth-order valence-electron chi connectivity index (χ4n) is 4.95. The molecule has 0 spiro atoms. The van der Waals surface area contributed by atoms with Gasteiger partial charge in [-0.25, -0.2) is 13.4 Å². The number of nitrogens with zero attached hydrogens (tertiary/aromatic N) is 4. The van der Waals surface area contributed by atoms with Gasteiger partial charge in [-0.1, -0.05) is 54.1 Å². The van der Waals surface area contributed by atoms with Crippen LogP contribution in [0.25, 0.3) is 0 Å². The molecule has 8 nitrogen and oxygen atoms in total. The SMILES string of the molecule is Cc1ccc(S(=O)(=O)N2CCN(Cc3cccc(C(=O)NCc4cccc(Cn5ccnc5C)c4)c3)CC2)cc1. The fourth-order valence-corrected chi connectivity index (χ4v) is 6.37. The summed E-state index contributed by atoms with van der Waals surface area (Å²) in [4.78, 5) is 19.8. The molecule has 3 aromatic carbocycles. The van der Waals surface area contributed by atoms with Crippen molar-refractivity contribution < 1.29 is 13.2 Å². The van der Waals surface area contributed by atoms with Crippen LogP contribution in [0.3, 0.4) is 0 Å². The summed E-state index contributed by atoms with van der Waals surface area (Å²) in [7, 11) is -3.49. The molecule has 1 N–H and O–H groups in total. The van der Waals surface area contributed by atoms with E-state index in [-0.39, 0.29) is 5.91 Å². The Morgan fingerprint density at radius 3 is 2.23 bits per heavy atom. The number of sulfonamides is 1. The molecule has 0 unspecified atom stereocenters. The number of carbonyl (C=O) groups excluding carboxylic acids is 1. The lowest BCUT2D eigenvalue weighted by Gasteiger charge is -2.34. The lowest BCUT2D eigenvalue weighted by molar-refractivity contribution is 0.0950. The third-order valence-corrected chi connectivity index (χ3v) is 9.22. The molecular weight excluding hydrogens is 522 g/mol. The van der Waals surface area contributed by atoms with E-state index in [1.165, 1.54) is 0 Å². The van der Waals surface area contributed by atoms with E-state index in [9.17, 15) is 13.2 Å². The molecule has 0 aliphatic carbocycles. The molecule has 9 heteroatoms. The van der Waals surface area contributed by atoms with E-state index in [4.69, 9.17) is 0 Å². The second-order valence-electron chi connectivity index (χ2n) is 10.3. The number of imidazole rings is 1. The van der Waals surface area contributed by atoms with Gasteiger partial charge in [-0.15, -0.1) is 0 Å². The van der Waals surface area contributed by atoms with Crippen molar-refractivity contribution in [2.75, 3.05) is 26.2 Å². The molecule has 4 aromatic rings. The summed E-state index contributed by atoms with van der Waals surface area (Å²) in [6, 6.07) is 22.9. The van der Waals surface area contributed by atoms with Crippen LogP contribution in [-0.2, 0) is 29.7 Å². The minimum Gasteiger partial charge on any atom is -0.348 e. The summed E-state index contributed by atoms with van der Waals surface area (Å²) in [6.45, 7) is 7.92. The molecule has 1 aliphatic heterocycles. The smallest absolute Gasteiger partial charge is 0.251 e. The summed E-state index contributed by atoms with van der Waals surface area (Å²) < 4.78 is 29.7. The Bertz CT molecular complexity index is 1570. The molecule has 0 radical (unpaired) electrons. The molecule has 1 saturated heterocycles. The van der Waals surface area contributed by atoms with E-state index < -0.39 is 10.0 Å². The van der Waals surface area contributed by atoms with Crippen molar-refractivity contribution in [3.63, 3.8) is 0 Å². The van der Waals surface area contributed by atoms with Crippen LogP contribution in [-0.4, -0.2) is 59.3 Å². The maximum atomic E-state index is 13.0. The van der Waals surface area contributed by atoms with Crippen molar-refractivity contribution in [2.45, 2.75) is 38.4 Å². The predicted molar refractivity (Wildman–Crippen MR) is 155 cm³/mol. The van der Waals surface area contributed by atoms with Gasteiger partial charge in [0, 0.05) is 63.8 Å². The maximum Gasteiger partial charge on any atom is 0.251 e. The summed E-state index contributed by atoms with van der Waals surface area (Å²) >= 11 is 0. The van der Waals surface area contributed by atoms with Gasteiger partial charge in [0.15, 0.2) is 0 Å². The topological polar surface area (TPSA) is 87.5 Å². The second kappa shape index (κ2) is 12.2. The second-order valence-corrected chi connectivity index (χ2v) is 12.2. The number of aromatic nitrogens is 2. The van der Waals surface area contributed by atoms with Crippen molar-refractivity contribution in [1.82, 2.24) is 24.1 Å². The first-order valence-electron chi connectivity index (χ1n) is 13.5. The zero-order chi connectivity index (χ0) is 28.1. The van der Waals surface area contributed by atoms with E-state index in [0.29, 0.717) is 49.7 Å². The van der Waals surface area contributed by atoms with Gasteiger partial charge in [0.25, 0.3) is 5.91 Å². The Morgan fingerprint density at radius 2 is 1.52 bits per heavy atom.